The number of nitrogens with one attached hydrogen (secondary N) is 1. The van der Waals surface area contributed by atoms with E-state index in [0.717, 1.165) is 19.3 Å². The number of hydrogen-bond donors (Lipinski definition) is 1. The molecule has 96 valence electrons. The van der Waals surface area contributed by atoms with Gasteiger partial charge in [-0.2, -0.15) is 0 Å². The first-order valence-corrected chi connectivity index (χ1v) is 7.96. The van der Waals surface area contributed by atoms with Crippen molar-refractivity contribution < 1.29 is 8.42 Å². The van der Waals surface area contributed by atoms with E-state index < -0.39 is 9.84 Å². The van der Waals surface area contributed by atoms with E-state index in [9.17, 15) is 8.42 Å². The van der Waals surface area contributed by atoms with Gasteiger partial charge in [0.25, 0.3) is 0 Å². The maximum absolute atomic E-state index is 11.2. The van der Waals surface area contributed by atoms with Crippen LogP contribution in [-0.2, 0) is 16.3 Å². The number of aryl methyl sites for hydroxylation is 1. The average Bonchev–Trinajstić information content (AvgIpc) is 2.27. The highest BCUT2D eigenvalue weighted by Crippen LogP contribution is 2.07. The first kappa shape index (κ1) is 14.2. The molecule has 0 aromatic heterocycles. The lowest BCUT2D eigenvalue weighted by Crippen LogP contribution is -2.32. The smallest absolute Gasteiger partial charge is 0.148 e. The van der Waals surface area contributed by atoms with Crippen LogP contribution in [0.15, 0.2) is 30.3 Å². The van der Waals surface area contributed by atoms with E-state index in [0.29, 0.717) is 0 Å². The molecule has 0 bridgehead atoms. The van der Waals surface area contributed by atoms with Crippen molar-refractivity contribution >= 4 is 9.84 Å². The van der Waals surface area contributed by atoms with E-state index in [1.54, 1.807) is 0 Å². The fraction of sp³-hybridized carbons (Fsp3) is 0.538. The van der Waals surface area contributed by atoms with Crippen molar-refractivity contribution in [1.29, 1.82) is 0 Å². The summed E-state index contributed by atoms with van der Waals surface area (Å²) in [4.78, 5) is 0. The van der Waals surface area contributed by atoms with Crippen LogP contribution in [0.3, 0.4) is 0 Å². The zero-order valence-electron chi connectivity index (χ0n) is 10.5. The van der Waals surface area contributed by atoms with Gasteiger partial charge in [-0.25, -0.2) is 8.42 Å². The summed E-state index contributed by atoms with van der Waals surface area (Å²) < 4.78 is 22.4. The van der Waals surface area contributed by atoms with Crippen LogP contribution in [0.2, 0.25) is 0 Å². The fourth-order valence-electron chi connectivity index (χ4n) is 1.87. The minimum absolute atomic E-state index is 0.0636. The third-order valence-corrected chi connectivity index (χ3v) is 3.78. The molecule has 0 amide bonds. The highest BCUT2D eigenvalue weighted by Gasteiger charge is 2.12. The lowest BCUT2D eigenvalue weighted by molar-refractivity contribution is 0.528. The van der Waals surface area contributed by atoms with Crippen LogP contribution < -0.4 is 5.32 Å². The highest BCUT2D eigenvalue weighted by atomic mass is 32.2. The third-order valence-electron chi connectivity index (χ3n) is 2.77. The molecule has 1 N–H and O–H groups in total. The van der Waals surface area contributed by atoms with Crippen LogP contribution in [0.1, 0.15) is 18.4 Å². The summed E-state index contributed by atoms with van der Waals surface area (Å²) in [6, 6.07) is 10.3. The van der Waals surface area contributed by atoms with Crippen LogP contribution in [0.4, 0.5) is 0 Å². The molecule has 0 fully saturated rings. The predicted molar refractivity (Wildman–Crippen MR) is 71.9 cm³/mol. The summed E-state index contributed by atoms with van der Waals surface area (Å²) >= 11 is 0. The lowest BCUT2D eigenvalue weighted by atomic mass is 10.1. The van der Waals surface area contributed by atoms with Gasteiger partial charge in [0.05, 0.1) is 5.75 Å². The summed E-state index contributed by atoms with van der Waals surface area (Å²) in [5.41, 5.74) is 1.31. The zero-order valence-corrected chi connectivity index (χ0v) is 11.3. The molecule has 0 heterocycles. The summed E-state index contributed by atoms with van der Waals surface area (Å²) in [5, 5.41) is 3.07. The number of sulfone groups is 1. The Kier molecular flexibility index (Phi) is 5.65. The molecule has 1 aromatic rings. The average molecular weight is 255 g/mol. The van der Waals surface area contributed by atoms with Gasteiger partial charge in [-0.05, 0) is 31.9 Å². The highest BCUT2D eigenvalue weighted by molar-refractivity contribution is 7.90. The topological polar surface area (TPSA) is 46.2 Å². The molecule has 3 nitrogen and oxygen atoms in total. The molecule has 0 aliphatic carbocycles. The van der Waals surface area contributed by atoms with E-state index >= 15 is 0 Å². The Balaban J connectivity index is 2.34. The molecule has 0 aliphatic rings. The van der Waals surface area contributed by atoms with Crippen molar-refractivity contribution in [1.82, 2.24) is 5.32 Å². The van der Waals surface area contributed by atoms with E-state index in [-0.39, 0.29) is 11.8 Å². The standard InChI is InChI=1S/C13H21NO2S/c1-14-13(11-17(2,15)16)10-6-9-12-7-4-3-5-8-12/h3-5,7-8,13-14H,6,9-11H2,1-2H3. The van der Waals surface area contributed by atoms with Crippen LogP contribution >= 0.6 is 0 Å². The molecule has 0 saturated heterocycles. The van der Waals surface area contributed by atoms with Gasteiger partial charge < -0.3 is 5.32 Å². The monoisotopic (exact) mass is 255 g/mol. The van der Waals surface area contributed by atoms with Crippen molar-refractivity contribution in [3.63, 3.8) is 0 Å². The summed E-state index contributed by atoms with van der Waals surface area (Å²) in [5.74, 6) is 0.221. The van der Waals surface area contributed by atoms with Crippen molar-refractivity contribution in [3.05, 3.63) is 35.9 Å². The SMILES string of the molecule is CNC(CCCc1ccccc1)CS(C)(=O)=O. The van der Waals surface area contributed by atoms with Gasteiger partial charge in [-0.15, -0.1) is 0 Å². The predicted octanol–water partition coefficient (Wildman–Crippen LogP) is 1.64. The van der Waals surface area contributed by atoms with Gasteiger partial charge in [-0.1, -0.05) is 30.3 Å². The Labute approximate surface area is 104 Å². The Hall–Kier alpha value is -0.870. The molecule has 17 heavy (non-hydrogen) atoms. The second-order valence-corrected chi connectivity index (χ2v) is 6.64. The number of rotatable bonds is 7. The quantitative estimate of drug-likeness (QED) is 0.805. The Morgan fingerprint density at radius 2 is 1.88 bits per heavy atom. The Morgan fingerprint density at radius 3 is 2.41 bits per heavy atom. The van der Waals surface area contributed by atoms with Crippen molar-refractivity contribution in [2.45, 2.75) is 25.3 Å². The Bertz CT molecular complexity index is 414. The molecule has 1 atom stereocenters. The van der Waals surface area contributed by atoms with Gasteiger partial charge in [0.15, 0.2) is 0 Å². The molecule has 0 saturated carbocycles. The molecular weight excluding hydrogens is 234 g/mol. The molecular formula is C13H21NO2S. The first-order chi connectivity index (χ1) is 8.01. The van der Waals surface area contributed by atoms with Gasteiger partial charge in [0.2, 0.25) is 0 Å². The minimum atomic E-state index is -2.89. The third kappa shape index (κ3) is 6.44. The lowest BCUT2D eigenvalue weighted by Gasteiger charge is -2.14. The number of hydrogen-bond acceptors (Lipinski definition) is 3. The number of benzene rings is 1. The van der Waals surface area contributed by atoms with Crippen LogP contribution in [0.5, 0.6) is 0 Å². The van der Waals surface area contributed by atoms with Gasteiger partial charge in [0.1, 0.15) is 9.84 Å². The summed E-state index contributed by atoms with van der Waals surface area (Å²) in [6.45, 7) is 0. The van der Waals surface area contributed by atoms with Crippen molar-refractivity contribution in [2.75, 3.05) is 19.1 Å². The molecule has 1 unspecified atom stereocenters. The largest absolute Gasteiger partial charge is 0.316 e. The maximum atomic E-state index is 11.2. The van der Waals surface area contributed by atoms with E-state index in [4.69, 9.17) is 0 Å². The molecule has 0 aliphatic heterocycles. The molecule has 0 radical (unpaired) electrons. The zero-order chi connectivity index (χ0) is 12.7. The maximum Gasteiger partial charge on any atom is 0.148 e. The first-order valence-electron chi connectivity index (χ1n) is 5.90. The van der Waals surface area contributed by atoms with Crippen LogP contribution in [-0.4, -0.2) is 33.5 Å². The van der Waals surface area contributed by atoms with Gasteiger partial charge >= 0.3 is 0 Å². The molecule has 0 spiro atoms. The Morgan fingerprint density at radius 1 is 1.24 bits per heavy atom. The van der Waals surface area contributed by atoms with Crippen molar-refractivity contribution in [2.24, 2.45) is 0 Å². The van der Waals surface area contributed by atoms with Gasteiger partial charge in [0, 0.05) is 12.3 Å². The summed E-state index contributed by atoms with van der Waals surface area (Å²) in [7, 11) is -1.08. The van der Waals surface area contributed by atoms with E-state index in [1.807, 2.05) is 25.2 Å². The second-order valence-electron chi connectivity index (χ2n) is 4.46. The normalized spacial score (nSPS) is 13.5. The summed E-state index contributed by atoms with van der Waals surface area (Å²) in [6.07, 6.45) is 4.18. The minimum Gasteiger partial charge on any atom is -0.316 e. The van der Waals surface area contributed by atoms with E-state index in [2.05, 4.69) is 17.4 Å². The van der Waals surface area contributed by atoms with Crippen LogP contribution in [0.25, 0.3) is 0 Å². The van der Waals surface area contributed by atoms with E-state index in [1.165, 1.54) is 11.8 Å². The molecule has 1 aromatic carbocycles. The van der Waals surface area contributed by atoms with Crippen LogP contribution in [0, 0.1) is 0 Å². The fourth-order valence-corrected chi connectivity index (χ4v) is 2.94. The molecule has 1 rings (SSSR count). The second kappa shape index (κ2) is 6.77. The van der Waals surface area contributed by atoms with Crippen molar-refractivity contribution in [3.8, 4) is 0 Å². The van der Waals surface area contributed by atoms with Gasteiger partial charge in [-0.3, -0.25) is 0 Å². The molecule has 4 heteroatoms.